The van der Waals surface area contributed by atoms with Gasteiger partial charge in [0.05, 0.1) is 27.0 Å². The summed E-state index contributed by atoms with van der Waals surface area (Å²) in [7, 11) is 0. The second-order valence-electron chi connectivity index (χ2n) is 6.23. The molecule has 148 valence electrons. The number of ether oxygens (including phenoxy) is 1. The van der Waals surface area contributed by atoms with E-state index in [1.165, 1.54) is 27.7 Å². The number of hydrogen-bond donors (Lipinski definition) is 2. The molecule has 1 saturated heterocycles. The standard InChI is InChI=1S/C17H20N6O3S2/c1-2-26-15(25)9-14(24)23(22-5-3-19-4-6-22)17-21-11-7-10-12(8-13(11)28-17)27-16(18)20-10/h7-8,19H,2-6,9H2,1H3,(H2,18,20). The zero-order valence-electron chi connectivity index (χ0n) is 15.3. The molecule has 9 nitrogen and oxygen atoms in total. The van der Waals surface area contributed by atoms with Gasteiger partial charge in [-0.1, -0.05) is 22.7 Å². The number of amides is 1. The Morgan fingerprint density at radius 3 is 2.68 bits per heavy atom. The molecule has 0 radical (unpaired) electrons. The van der Waals surface area contributed by atoms with E-state index in [-0.39, 0.29) is 18.9 Å². The van der Waals surface area contributed by atoms with Crippen LogP contribution in [-0.4, -0.2) is 59.6 Å². The summed E-state index contributed by atoms with van der Waals surface area (Å²) < 4.78 is 6.86. The molecule has 1 amide bonds. The molecule has 0 spiro atoms. The molecule has 3 heterocycles. The summed E-state index contributed by atoms with van der Waals surface area (Å²) in [5.74, 6) is -0.877. The lowest BCUT2D eigenvalue weighted by molar-refractivity contribution is -0.146. The minimum Gasteiger partial charge on any atom is -0.466 e. The van der Waals surface area contributed by atoms with Gasteiger partial charge < -0.3 is 15.8 Å². The number of nitrogens with two attached hydrogens (primary N) is 1. The van der Waals surface area contributed by atoms with Gasteiger partial charge >= 0.3 is 5.97 Å². The highest BCUT2D eigenvalue weighted by atomic mass is 32.1. The quantitative estimate of drug-likeness (QED) is 0.473. The Bertz CT molecular complexity index is 976. The van der Waals surface area contributed by atoms with Crippen LogP contribution in [-0.2, 0) is 14.3 Å². The molecule has 1 fully saturated rings. The average molecular weight is 421 g/mol. The van der Waals surface area contributed by atoms with Crippen molar-refractivity contribution in [3.8, 4) is 0 Å². The van der Waals surface area contributed by atoms with Crippen LogP contribution >= 0.6 is 22.7 Å². The van der Waals surface area contributed by atoms with Crippen LogP contribution in [0.15, 0.2) is 12.1 Å². The highest BCUT2D eigenvalue weighted by Crippen LogP contribution is 2.35. The van der Waals surface area contributed by atoms with E-state index < -0.39 is 5.97 Å². The summed E-state index contributed by atoms with van der Waals surface area (Å²) in [6, 6.07) is 3.87. The van der Waals surface area contributed by atoms with Crippen LogP contribution in [0.1, 0.15) is 13.3 Å². The maximum atomic E-state index is 12.9. The Morgan fingerprint density at radius 1 is 1.21 bits per heavy atom. The van der Waals surface area contributed by atoms with Crippen molar-refractivity contribution in [3.05, 3.63) is 12.1 Å². The number of nitrogens with zero attached hydrogens (tertiary/aromatic N) is 4. The zero-order chi connectivity index (χ0) is 19.7. The Hall–Kier alpha value is -2.34. The number of esters is 1. The number of thiazole rings is 2. The van der Waals surface area contributed by atoms with Crippen molar-refractivity contribution < 1.29 is 14.3 Å². The number of hydrogen-bond acceptors (Lipinski definition) is 10. The van der Waals surface area contributed by atoms with Gasteiger partial charge in [-0.05, 0) is 19.1 Å². The second-order valence-corrected chi connectivity index (χ2v) is 8.30. The summed E-state index contributed by atoms with van der Waals surface area (Å²) in [4.78, 5) is 33.8. The van der Waals surface area contributed by atoms with Crippen molar-refractivity contribution in [3.63, 3.8) is 0 Å². The molecule has 0 aliphatic carbocycles. The van der Waals surface area contributed by atoms with E-state index in [2.05, 4.69) is 15.3 Å². The Labute approximate surface area is 169 Å². The van der Waals surface area contributed by atoms with Crippen molar-refractivity contribution in [2.75, 3.05) is 43.5 Å². The van der Waals surface area contributed by atoms with Crippen LogP contribution in [0.25, 0.3) is 20.4 Å². The molecule has 1 aliphatic rings. The molecule has 0 saturated carbocycles. The van der Waals surface area contributed by atoms with Crippen molar-refractivity contribution in [2.45, 2.75) is 13.3 Å². The van der Waals surface area contributed by atoms with E-state index in [1.54, 1.807) is 6.92 Å². The van der Waals surface area contributed by atoms with Crippen LogP contribution in [0.2, 0.25) is 0 Å². The highest BCUT2D eigenvalue weighted by Gasteiger charge is 2.29. The Morgan fingerprint density at radius 2 is 1.93 bits per heavy atom. The first-order valence-corrected chi connectivity index (χ1v) is 10.6. The fourth-order valence-corrected chi connectivity index (χ4v) is 4.95. The van der Waals surface area contributed by atoms with Crippen molar-refractivity contribution in [1.82, 2.24) is 20.3 Å². The molecular formula is C17H20N6O3S2. The van der Waals surface area contributed by atoms with Crippen LogP contribution in [0.3, 0.4) is 0 Å². The molecular weight excluding hydrogens is 400 g/mol. The molecule has 1 aliphatic heterocycles. The molecule has 1 aromatic carbocycles. The van der Waals surface area contributed by atoms with Crippen molar-refractivity contribution in [1.29, 1.82) is 0 Å². The topological polar surface area (TPSA) is 114 Å². The number of aromatic nitrogens is 2. The first-order valence-electron chi connectivity index (χ1n) is 8.96. The van der Waals surface area contributed by atoms with E-state index in [9.17, 15) is 9.59 Å². The zero-order valence-corrected chi connectivity index (χ0v) is 16.9. The molecule has 3 aromatic rings. The van der Waals surface area contributed by atoms with Crippen molar-refractivity contribution in [2.24, 2.45) is 0 Å². The maximum Gasteiger partial charge on any atom is 0.315 e. The van der Waals surface area contributed by atoms with Gasteiger partial charge in [-0.3, -0.25) is 9.59 Å². The number of nitrogen functional groups attached to an aromatic ring is 1. The number of carbonyl (C=O) groups excluding carboxylic acids is 2. The van der Waals surface area contributed by atoms with Gasteiger partial charge in [-0.15, -0.1) is 0 Å². The summed E-state index contributed by atoms with van der Waals surface area (Å²) in [6.45, 7) is 4.78. The lowest BCUT2D eigenvalue weighted by atomic mass is 10.3. The molecule has 0 atom stereocenters. The number of hydrazine groups is 1. The number of carbonyl (C=O) groups is 2. The number of anilines is 2. The van der Waals surface area contributed by atoms with Crippen molar-refractivity contribution >= 4 is 65.2 Å². The second kappa shape index (κ2) is 7.95. The minimum atomic E-state index is -0.533. The number of fused-ring (bicyclic) bond motifs is 2. The average Bonchev–Trinajstić information content (AvgIpc) is 3.21. The van der Waals surface area contributed by atoms with Crippen LogP contribution < -0.4 is 16.1 Å². The van der Waals surface area contributed by atoms with E-state index in [0.717, 1.165) is 33.5 Å². The molecule has 11 heteroatoms. The first-order chi connectivity index (χ1) is 13.5. The largest absolute Gasteiger partial charge is 0.466 e. The Balaban J connectivity index is 1.70. The molecule has 3 N–H and O–H groups in total. The smallest absolute Gasteiger partial charge is 0.315 e. The van der Waals surface area contributed by atoms with Gasteiger partial charge in [-0.25, -0.2) is 20.0 Å². The third-order valence-electron chi connectivity index (χ3n) is 4.30. The van der Waals surface area contributed by atoms with E-state index >= 15 is 0 Å². The predicted molar refractivity (Wildman–Crippen MR) is 110 cm³/mol. The summed E-state index contributed by atoms with van der Waals surface area (Å²) >= 11 is 2.83. The monoisotopic (exact) mass is 420 g/mol. The summed E-state index contributed by atoms with van der Waals surface area (Å²) in [5.41, 5.74) is 7.33. The first kappa shape index (κ1) is 19.0. The molecule has 0 bridgehead atoms. The minimum absolute atomic E-state index is 0.244. The Kier molecular flexibility index (Phi) is 5.40. The van der Waals surface area contributed by atoms with Gasteiger partial charge in [0.15, 0.2) is 5.13 Å². The molecule has 0 unspecified atom stereocenters. The highest BCUT2D eigenvalue weighted by molar-refractivity contribution is 7.24. The van der Waals surface area contributed by atoms with E-state index in [1.807, 2.05) is 17.1 Å². The SMILES string of the molecule is CCOC(=O)CC(=O)N(c1nc2cc3nc(N)sc3cc2s1)N1CCNCC1. The summed E-state index contributed by atoms with van der Waals surface area (Å²) in [5, 5.41) is 7.77. The molecule has 28 heavy (non-hydrogen) atoms. The van der Waals surface area contributed by atoms with Crippen LogP contribution in [0.5, 0.6) is 0 Å². The third kappa shape index (κ3) is 3.78. The number of nitrogens with one attached hydrogen (secondary N) is 1. The fourth-order valence-electron chi connectivity index (χ4n) is 3.09. The lowest BCUT2D eigenvalue weighted by Gasteiger charge is -2.35. The summed E-state index contributed by atoms with van der Waals surface area (Å²) in [6.07, 6.45) is -0.319. The van der Waals surface area contributed by atoms with Gasteiger partial charge in [0, 0.05) is 26.2 Å². The molecule has 2 aromatic heterocycles. The third-order valence-corrected chi connectivity index (χ3v) is 6.14. The van der Waals surface area contributed by atoms with Crippen LogP contribution in [0, 0.1) is 0 Å². The van der Waals surface area contributed by atoms with E-state index in [4.69, 9.17) is 10.5 Å². The predicted octanol–water partition coefficient (Wildman–Crippen LogP) is 1.59. The van der Waals surface area contributed by atoms with Gasteiger partial charge in [-0.2, -0.15) is 0 Å². The number of piperazine rings is 1. The van der Waals surface area contributed by atoms with Crippen LogP contribution in [0.4, 0.5) is 10.3 Å². The number of benzene rings is 1. The van der Waals surface area contributed by atoms with E-state index in [0.29, 0.717) is 23.4 Å². The lowest BCUT2D eigenvalue weighted by Crippen LogP contribution is -2.55. The van der Waals surface area contributed by atoms with Gasteiger partial charge in [0.25, 0.3) is 5.91 Å². The van der Waals surface area contributed by atoms with Gasteiger partial charge in [0.2, 0.25) is 5.13 Å². The maximum absolute atomic E-state index is 12.9. The fraction of sp³-hybridized carbons (Fsp3) is 0.412. The normalized spacial score (nSPS) is 15.2. The van der Waals surface area contributed by atoms with Gasteiger partial charge in [0.1, 0.15) is 6.42 Å². The molecule has 4 rings (SSSR count). The number of rotatable bonds is 5.